The van der Waals surface area contributed by atoms with Crippen molar-refractivity contribution in [2.24, 2.45) is 17.6 Å². The van der Waals surface area contributed by atoms with Gasteiger partial charge in [0.15, 0.2) is 0 Å². The van der Waals surface area contributed by atoms with E-state index in [1.807, 2.05) is 58.2 Å². The van der Waals surface area contributed by atoms with Gasteiger partial charge in [0.05, 0.1) is 6.04 Å². The van der Waals surface area contributed by atoms with Crippen molar-refractivity contribution in [3.05, 3.63) is 36.0 Å². The SMILES string of the molecule is CC(C)CC(NC(=O)C1CCCN1C(=O)C(NC(=O)C(N)Cc1c[nH]c2ccccc12)C(C)C)C(=O)O. The number of nitrogens with one attached hydrogen (secondary N) is 3. The second-order valence-corrected chi connectivity index (χ2v) is 10.6. The number of hydrogen-bond acceptors (Lipinski definition) is 5. The third-order valence-corrected chi connectivity index (χ3v) is 6.84. The van der Waals surface area contributed by atoms with E-state index in [-0.39, 0.29) is 17.7 Å². The van der Waals surface area contributed by atoms with Crippen molar-refractivity contribution in [1.29, 1.82) is 0 Å². The number of carboxylic acid groups (broad SMARTS) is 1. The van der Waals surface area contributed by atoms with Gasteiger partial charge in [-0.2, -0.15) is 0 Å². The summed E-state index contributed by atoms with van der Waals surface area (Å²) in [6, 6.07) is 4.23. The first-order valence-electron chi connectivity index (χ1n) is 12.9. The summed E-state index contributed by atoms with van der Waals surface area (Å²) < 4.78 is 0. The van der Waals surface area contributed by atoms with Gasteiger partial charge in [0, 0.05) is 23.6 Å². The molecule has 3 amide bonds. The largest absolute Gasteiger partial charge is 0.480 e. The second-order valence-electron chi connectivity index (χ2n) is 10.6. The summed E-state index contributed by atoms with van der Waals surface area (Å²) in [4.78, 5) is 55.8. The summed E-state index contributed by atoms with van der Waals surface area (Å²) >= 11 is 0. The molecule has 1 saturated heterocycles. The van der Waals surface area contributed by atoms with Gasteiger partial charge in [-0.3, -0.25) is 14.4 Å². The average Bonchev–Trinajstić information content (AvgIpc) is 3.48. The molecule has 10 nitrogen and oxygen atoms in total. The van der Waals surface area contributed by atoms with Gasteiger partial charge in [-0.05, 0) is 49.1 Å². The first-order chi connectivity index (χ1) is 17.5. The number of rotatable bonds is 11. The smallest absolute Gasteiger partial charge is 0.326 e. The second kappa shape index (κ2) is 12.2. The Balaban J connectivity index is 1.67. The number of nitrogens with zero attached hydrogens (tertiary/aromatic N) is 1. The topological polar surface area (TPSA) is 158 Å². The molecular formula is C27H39N5O5. The van der Waals surface area contributed by atoms with Crippen molar-refractivity contribution in [3.8, 4) is 0 Å². The highest BCUT2D eigenvalue weighted by molar-refractivity contribution is 5.95. The van der Waals surface area contributed by atoms with Crippen LogP contribution in [-0.2, 0) is 25.6 Å². The number of aliphatic carboxylic acids is 1. The quantitative estimate of drug-likeness (QED) is 0.308. The lowest BCUT2D eigenvalue weighted by molar-refractivity contribution is -0.145. The molecule has 37 heavy (non-hydrogen) atoms. The minimum absolute atomic E-state index is 0.0803. The molecule has 3 rings (SSSR count). The van der Waals surface area contributed by atoms with E-state index in [4.69, 9.17) is 5.73 Å². The number of H-pyrrole nitrogens is 1. The van der Waals surface area contributed by atoms with Crippen molar-refractivity contribution in [2.45, 2.75) is 77.5 Å². The molecule has 1 aromatic heterocycles. The van der Waals surface area contributed by atoms with E-state index >= 15 is 0 Å². The maximum atomic E-state index is 13.5. The number of aromatic nitrogens is 1. The molecule has 1 fully saturated rings. The minimum Gasteiger partial charge on any atom is -0.480 e. The van der Waals surface area contributed by atoms with Crippen LogP contribution in [0.1, 0.15) is 52.5 Å². The fourth-order valence-electron chi connectivity index (χ4n) is 4.85. The van der Waals surface area contributed by atoms with Crippen LogP contribution in [-0.4, -0.2) is 69.4 Å². The van der Waals surface area contributed by atoms with Crippen LogP contribution in [0.5, 0.6) is 0 Å². The van der Waals surface area contributed by atoms with Crippen LogP contribution < -0.4 is 16.4 Å². The number of aromatic amines is 1. The number of benzene rings is 1. The maximum absolute atomic E-state index is 13.5. The number of amides is 3. The predicted octanol–water partition coefficient (Wildman–Crippen LogP) is 1.79. The Morgan fingerprint density at radius 3 is 2.49 bits per heavy atom. The molecule has 0 radical (unpaired) electrons. The van der Waals surface area contributed by atoms with E-state index in [0.29, 0.717) is 32.2 Å². The Bertz CT molecular complexity index is 1130. The summed E-state index contributed by atoms with van der Waals surface area (Å²) in [5.41, 5.74) is 8.10. The molecule has 0 aliphatic carbocycles. The molecule has 10 heteroatoms. The van der Waals surface area contributed by atoms with Crippen molar-refractivity contribution < 1.29 is 24.3 Å². The Morgan fingerprint density at radius 2 is 1.84 bits per heavy atom. The third-order valence-electron chi connectivity index (χ3n) is 6.84. The Hall–Kier alpha value is -3.40. The van der Waals surface area contributed by atoms with Crippen LogP contribution >= 0.6 is 0 Å². The average molecular weight is 514 g/mol. The molecule has 4 unspecified atom stereocenters. The summed E-state index contributed by atoms with van der Waals surface area (Å²) in [5, 5.41) is 15.9. The van der Waals surface area contributed by atoms with Crippen molar-refractivity contribution in [1.82, 2.24) is 20.5 Å². The van der Waals surface area contributed by atoms with Crippen LogP contribution in [0.25, 0.3) is 10.9 Å². The number of para-hydroxylation sites is 1. The van der Waals surface area contributed by atoms with Crippen LogP contribution in [0.15, 0.2) is 30.5 Å². The number of carbonyl (C=O) groups excluding carboxylic acids is 3. The van der Waals surface area contributed by atoms with E-state index in [1.54, 1.807) is 0 Å². The van der Waals surface area contributed by atoms with E-state index in [2.05, 4.69) is 15.6 Å². The van der Waals surface area contributed by atoms with Gasteiger partial charge in [0.25, 0.3) is 0 Å². The lowest BCUT2D eigenvalue weighted by Gasteiger charge is -2.31. The fourth-order valence-corrected chi connectivity index (χ4v) is 4.85. The predicted molar refractivity (Wildman–Crippen MR) is 141 cm³/mol. The highest BCUT2D eigenvalue weighted by atomic mass is 16.4. The molecular weight excluding hydrogens is 474 g/mol. The van der Waals surface area contributed by atoms with Gasteiger partial charge < -0.3 is 31.4 Å². The zero-order valence-corrected chi connectivity index (χ0v) is 22.0. The molecule has 2 aromatic rings. The molecule has 202 valence electrons. The molecule has 6 N–H and O–H groups in total. The highest BCUT2D eigenvalue weighted by Crippen LogP contribution is 2.22. The maximum Gasteiger partial charge on any atom is 0.326 e. The van der Waals surface area contributed by atoms with Gasteiger partial charge in [-0.15, -0.1) is 0 Å². The summed E-state index contributed by atoms with van der Waals surface area (Å²) in [7, 11) is 0. The molecule has 0 saturated carbocycles. The Kier molecular flexibility index (Phi) is 9.31. The van der Waals surface area contributed by atoms with Crippen molar-refractivity contribution in [2.75, 3.05) is 6.54 Å². The summed E-state index contributed by atoms with van der Waals surface area (Å²) in [6.07, 6.45) is 3.48. The van der Waals surface area contributed by atoms with Crippen LogP contribution in [0.2, 0.25) is 0 Å². The monoisotopic (exact) mass is 513 g/mol. The Morgan fingerprint density at radius 1 is 1.14 bits per heavy atom. The van der Waals surface area contributed by atoms with Gasteiger partial charge in [-0.1, -0.05) is 45.9 Å². The van der Waals surface area contributed by atoms with Gasteiger partial charge in [-0.25, -0.2) is 4.79 Å². The molecule has 4 atom stereocenters. The molecule has 2 heterocycles. The zero-order chi connectivity index (χ0) is 27.3. The highest BCUT2D eigenvalue weighted by Gasteiger charge is 2.40. The van der Waals surface area contributed by atoms with E-state index < -0.39 is 42.0 Å². The van der Waals surface area contributed by atoms with Crippen LogP contribution in [0.4, 0.5) is 0 Å². The lowest BCUT2D eigenvalue weighted by Crippen LogP contribution is -2.58. The summed E-state index contributed by atoms with van der Waals surface area (Å²) in [6.45, 7) is 7.77. The first-order valence-corrected chi connectivity index (χ1v) is 12.9. The normalized spacial score (nSPS) is 18.1. The van der Waals surface area contributed by atoms with Gasteiger partial charge >= 0.3 is 5.97 Å². The molecule has 0 bridgehead atoms. The zero-order valence-electron chi connectivity index (χ0n) is 22.0. The van der Waals surface area contributed by atoms with E-state index in [1.165, 1.54) is 4.90 Å². The van der Waals surface area contributed by atoms with Crippen molar-refractivity contribution >= 4 is 34.6 Å². The lowest BCUT2D eigenvalue weighted by atomic mass is 10.00. The summed E-state index contributed by atoms with van der Waals surface area (Å²) in [5.74, 6) is -2.56. The van der Waals surface area contributed by atoms with Crippen molar-refractivity contribution in [3.63, 3.8) is 0 Å². The number of fused-ring (bicyclic) bond motifs is 1. The van der Waals surface area contributed by atoms with Crippen LogP contribution in [0.3, 0.4) is 0 Å². The Labute approximate surface area is 217 Å². The standard InChI is InChI=1S/C27H39N5O5/c1-15(2)12-21(27(36)37)30-25(34)22-10-7-11-32(22)26(35)23(16(3)4)31-24(33)19(28)13-17-14-29-20-9-6-5-8-18(17)20/h5-6,8-9,14-16,19,21-23,29H,7,10-13,28H2,1-4H3,(H,30,34)(H,31,33)(H,36,37). The van der Waals surface area contributed by atoms with Gasteiger partial charge in [0.1, 0.15) is 18.1 Å². The van der Waals surface area contributed by atoms with Gasteiger partial charge in [0.2, 0.25) is 17.7 Å². The van der Waals surface area contributed by atoms with E-state index in [0.717, 1.165) is 16.5 Å². The number of hydrogen-bond donors (Lipinski definition) is 5. The van der Waals surface area contributed by atoms with Crippen LogP contribution in [0, 0.1) is 11.8 Å². The molecule has 1 aromatic carbocycles. The minimum atomic E-state index is -1.10. The fraction of sp³-hybridized carbons (Fsp3) is 0.556. The first kappa shape index (κ1) is 28.2. The number of carboxylic acids is 1. The molecule has 1 aliphatic heterocycles. The number of likely N-dealkylation sites (tertiary alicyclic amines) is 1. The number of nitrogens with two attached hydrogens (primary N) is 1. The number of carbonyl (C=O) groups is 4. The van der Waals surface area contributed by atoms with E-state index in [9.17, 15) is 24.3 Å². The molecule has 0 spiro atoms. The third kappa shape index (κ3) is 6.88. The molecule has 1 aliphatic rings.